The molecule has 0 unspecified atom stereocenters. The van der Waals surface area contributed by atoms with Gasteiger partial charge in [0.25, 0.3) is 0 Å². The molecule has 5 heteroatoms. The molecule has 0 aliphatic heterocycles. The van der Waals surface area contributed by atoms with Crippen LogP contribution in [0.4, 0.5) is 0 Å². The van der Waals surface area contributed by atoms with Crippen LogP contribution in [0.2, 0.25) is 0 Å². The molecule has 3 N–H and O–H groups in total. The molecule has 0 amide bonds. The van der Waals surface area contributed by atoms with Crippen molar-refractivity contribution < 1.29 is 4.79 Å². The monoisotopic (exact) mass is 392 g/mol. The van der Waals surface area contributed by atoms with Crippen molar-refractivity contribution in [2.75, 3.05) is 6.54 Å². The van der Waals surface area contributed by atoms with E-state index in [1.165, 1.54) is 18.4 Å². The minimum atomic E-state index is 0.533. The second-order valence-corrected chi connectivity index (χ2v) is 6.31. The van der Waals surface area contributed by atoms with Gasteiger partial charge in [0.05, 0.1) is 23.3 Å². The lowest BCUT2D eigenvalue weighted by Crippen LogP contribution is -2.14. The highest BCUT2D eigenvalue weighted by atomic mass is 16.1. The summed E-state index contributed by atoms with van der Waals surface area (Å²) in [7, 11) is 0. The highest BCUT2D eigenvalue weighted by Gasteiger charge is 1.93. The Morgan fingerprint density at radius 3 is 1.76 bits per heavy atom. The van der Waals surface area contributed by atoms with E-state index in [0.717, 1.165) is 36.9 Å². The van der Waals surface area contributed by atoms with Crippen LogP contribution in [0, 0.1) is 22.7 Å². The number of nitrogens with two attached hydrogens (primary N) is 1. The molecule has 2 aromatic carbocycles. The van der Waals surface area contributed by atoms with Gasteiger partial charge in [0.1, 0.15) is 6.29 Å². The molecular weight excluding hydrogens is 360 g/mol. The van der Waals surface area contributed by atoms with Crippen LogP contribution in [0.15, 0.2) is 48.5 Å². The van der Waals surface area contributed by atoms with E-state index in [9.17, 15) is 4.79 Å². The van der Waals surface area contributed by atoms with Crippen molar-refractivity contribution in [2.24, 2.45) is 5.73 Å². The lowest BCUT2D eigenvalue weighted by atomic mass is 10.1. The molecule has 0 spiro atoms. The van der Waals surface area contributed by atoms with Crippen molar-refractivity contribution in [1.29, 1.82) is 10.5 Å². The minimum absolute atomic E-state index is 0.533. The van der Waals surface area contributed by atoms with Gasteiger partial charge in [0.15, 0.2) is 0 Å². The van der Waals surface area contributed by atoms with E-state index in [-0.39, 0.29) is 0 Å². The van der Waals surface area contributed by atoms with Crippen molar-refractivity contribution >= 4 is 6.29 Å². The summed E-state index contributed by atoms with van der Waals surface area (Å²) < 4.78 is 0. The number of aldehydes is 1. The maximum atomic E-state index is 9.40. The first-order valence-electron chi connectivity index (χ1n) is 9.97. The molecule has 0 atom stereocenters. The fourth-order valence-electron chi connectivity index (χ4n) is 2.06. The predicted octanol–water partition coefficient (Wildman–Crippen LogP) is 4.45. The molecule has 0 radical (unpaired) electrons. The molecule has 0 saturated carbocycles. The zero-order valence-corrected chi connectivity index (χ0v) is 17.5. The van der Waals surface area contributed by atoms with Gasteiger partial charge in [-0.2, -0.15) is 10.5 Å². The van der Waals surface area contributed by atoms with Crippen LogP contribution in [0.25, 0.3) is 0 Å². The fraction of sp³-hybridized carbons (Fsp3) is 0.375. The molecule has 0 aliphatic carbocycles. The van der Waals surface area contributed by atoms with Gasteiger partial charge >= 0.3 is 0 Å². The molecule has 0 heterocycles. The number of nitriles is 2. The van der Waals surface area contributed by atoms with E-state index in [0.29, 0.717) is 18.5 Å². The third-order valence-corrected chi connectivity index (χ3v) is 3.84. The van der Waals surface area contributed by atoms with Crippen LogP contribution in [-0.4, -0.2) is 12.8 Å². The maximum Gasteiger partial charge on any atom is 0.119 e. The van der Waals surface area contributed by atoms with Crippen molar-refractivity contribution in [2.45, 2.75) is 52.6 Å². The number of nitrogens with zero attached hydrogens (tertiary/aromatic N) is 2. The van der Waals surface area contributed by atoms with Crippen LogP contribution in [0.5, 0.6) is 0 Å². The second kappa shape index (κ2) is 18.4. The van der Waals surface area contributed by atoms with Crippen LogP contribution in [0.3, 0.4) is 0 Å². The summed E-state index contributed by atoms with van der Waals surface area (Å²) in [4.78, 5) is 9.40. The van der Waals surface area contributed by atoms with E-state index < -0.39 is 0 Å². The summed E-state index contributed by atoms with van der Waals surface area (Å²) in [5, 5.41) is 20.4. The molecule has 0 aliphatic rings. The minimum Gasteiger partial charge on any atom is -0.326 e. The van der Waals surface area contributed by atoms with Gasteiger partial charge in [-0.3, -0.25) is 0 Å². The van der Waals surface area contributed by atoms with Crippen LogP contribution >= 0.6 is 0 Å². The number of hydrogen-bond donors (Lipinski definition) is 2. The van der Waals surface area contributed by atoms with E-state index >= 15 is 0 Å². The molecule has 0 fully saturated rings. The van der Waals surface area contributed by atoms with Gasteiger partial charge in [0, 0.05) is 19.5 Å². The first kappa shape index (κ1) is 26.0. The number of hydrogen-bond acceptors (Lipinski definition) is 5. The number of nitrogens with one attached hydrogen (secondary N) is 1. The highest BCUT2D eigenvalue weighted by Crippen LogP contribution is 2.03. The highest BCUT2D eigenvalue weighted by molar-refractivity contribution is 5.48. The average molecular weight is 393 g/mol. The lowest BCUT2D eigenvalue weighted by molar-refractivity contribution is -0.107. The standard InChI is InChI=1S/C12H16N2.C8H8N2.C4H8O/c1-2-3-8-14-10-12-6-4-11(9-13)5-7-12;9-5-7-1-2-8(6-10)4-3-7;1-2-3-4-5/h4-7,14H,2-3,8,10H2,1H3;1-4H,5,9H2;4H,2-3H2,1H3. The van der Waals surface area contributed by atoms with Gasteiger partial charge in [-0.15, -0.1) is 0 Å². The van der Waals surface area contributed by atoms with E-state index in [4.69, 9.17) is 16.3 Å². The number of rotatable bonds is 8. The topological polar surface area (TPSA) is 103 Å². The number of carbonyl (C=O) groups excluding carboxylic acids is 1. The Kier molecular flexibility index (Phi) is 16.5. The summed E-state index contributed by atoms with van der Waals surface area (Å²) in [5.74, 6) is 0. The van der Waals surface area contributed by atoms with Gasteiger partial charge in [-0.1, -0.05) is 44.5 Å². The Morgan fingerprint density at radius 1 is 0.897 bits per heavy atom. The zero-order chi connectivity index (χ0) is 21.7. The third kappa shape index (κ3) is 13.8. The molecule has 0 aromatic heterocycles. The molecule has 5 nitrogen and oxygen atoms in total. The SMILES string of the molecule is CCCC=O.CCCCNCc1ccc(C#N)cc1.N#Cc1ccc(CN)cc1. The zero-order valence-electron chi connectivity index (χ0n) is 17.5. The van der Waals surface area contributed by atoms with Gasteiger partial charge < -0.3 is 15.8 Å². The average Bonchev–Trinajstić information content (AvgIpc) is 2.78. The molecule has 2 rings (SSSR count). The molecule has 29 heavy (non-hydrogen) atoms. The Hall–Kier alpha value is -2.99. The van der Waals surface area contributed by atoms with E-state index in [2.05, 4.69) is 18.3 Å². The number of benzene rings is 2. The lowest BCUT2D eigenvalue weighted by Gasteiger charge is -2.03. The summed E-state index contributed by atoms with van der Waals surface area (Å²) in [6.07, 6.45) is 5.06. The van der Waals surface area contributed by atoms with Crippen LogP contribution in [0.1, 0.15) is 61.8 Å². The van der Waals surface area contributed by atoms with Gasteiger partial charge in [-0.25, -0.2) is 0 Å². The molecule has 2 aromatic rings. The number of carbonyl (C=O) groups is 1. The fourth-order valence-corrected chi connectivity index (χ4v) is 2.06. The quantitative estimate of drug-likeness (QED) is 0.510. The Bertz CT molecular complexity index is 740. The van der Waals surface area contributed by atoms with Crippen molar-refractivity contribution in [3.05, 3.63) is 70.8 Å². The molecule has 0 bridgehead atoms. The molecule has 0 saturated heterocycles. The van der Waals surface area contributed by atoms with E-state index in [1.54, 1.807) is 12.1 Å². The first-order valence-corrected chi connectivity index (χ1v) is 9.97. The molecular formula is C24H32N4O. The summed E-state index contributed by atoms with van der Waals surface area (Å²) in [6, 6.07) is 19.1. The van der Waals surface area contributed by atoms with Crippen LogP contribution in [-0.2, 0) is 17.9 Å². The van der Waals surface area contributed by atoms with Gasteiger partial charge in [0.2, 0.25) is 0 Å². The first-order chi connectivity index (χ1) is 14.1. The van der Waals surface area contributed by atoms with Crippen molar-refractivity contribution in [3.63, 3.8) is 0 Å². The van der Waals surface area contributed by atoms with Crippen molar-refractivity contribution in [3.8, 4) is 12.1 Å². The Morgan fingerprint density at radius 2 is 1.41 bits per heavy atom. The second-order valence-electron chi connectivity index (χ2n) is 6.31. The predicted molar refractivity (Wildman–Crippen MR) is 118 cm³/mol. The number of unbranched alkanes of at least 4 members (excludes halogenated alkanes) is 2. The molecule has 154 valence electrons. The summed E-state index contributed by atoms with van der Waals surface area (Å²) in [6.45, 7) is 6.66. The Labute approximate surface area is 175 Å². The smallest absolute Gasteiger partial charge is 0.119 e. The van der Waals surface area contributed by atoms with E-state index in [1.807, 2.05) is 49.4 Å². The maximum absolute atomic E-state index is 9.40. The largest absolute Gasteiger partial charge is 0.326 e. The Balaban J connectivity index is 0.000000455. The van der Waals surface area contributed by atoms with Gasteiger partial charge in [-0.05, 0) is 54.8 Å². The summed E-state index contributed by atoms with van der Waals surface area (Å²) >= 11 is 0. The van der Waals surface area contributed by atoms with Crippen LogP contribution < -0.4 is 11.1 Å². The summed E-state index contributed by atoms with van der Waals surface area (Å²) in [5.41, 5.74) is 9.05. The third-order valence-electron chi connectivity index (χ3n) is 3.84. The normalized spacial score (nSPS) is 9.00. The van der Waals surface area contributed by atoms with Crippen molar-refractivity contribution in [1.82, 2.24) is 5.32 Å².